The molecule has 2 aliphatic rings. The van der Waals surface area contributed by atoms with Crippen LogP contribution in [0.5, 0.6) is 0 Å². The first-order valence-electron chi connectivity index (χ1n) is 6.28. The van der Waals surface area contributed by atoms with Crippen LogP contribution in [-0.4, -0.2) is 34.5 Å². The average Bonchev–Trinajstić information content (AvgIpc) is 2.81. The van der Waals surface area contributed by atoms with Gasteiger partial charge in [0.05, 0.1) is 5.92 Å². The lowest BCUT2D eigenvalue weighted by Gasteiger charge is -2.37. The van der Waals surface area contributed by atoms with Crippen LogP contribution in [0.15, 0.2) is 12.2 Å². The van der Waals surface area contributed by atoms with E-state index in [1.165, 1.54) is 0 Å². The highest BCUT2D eigenvalue weighted by molar-refractivity contribution is 5.80. The second-order valence-corrected chi connectivity index (χ2v) is 5.08. The first-order chi connectivity index (χ1) is 8.09. The predicted molar refractivity (Wildman–Crippen MR) is 63.4 cm³/mol. The fraction of sp³-hybridized carbons (Fsp3) is 0.692. The number of carbonyl (C=O) groups is 2. The van der Waals surface area contributed by atoms with Crippen LogP contribution in [0.2, 0.25) is 0 Å². The number of carboxylic acid groups (broad SMARTS) is 1. The van der Waals surface area contributed by atoms with Gasteiger partial charge in [0.25, 0.3) is 0 Å². The van der Waals surface area contributed by atoms with Gasteiger partial charge in [-0.15, -0.1) is 0 Å². The van der Waals surface area contributed by atoms with Crippen molar-refractivity contribution in [2.75, 3.05) is 6.54 Å². The van der Waals surface area contributed by atoms with E-state index < -0.39 is 5.97 Å². The lowest BCUT2D eigenvalue weighted by atomic mass is 9.90. The summed E-state index contributed by atoms with van der Waals surface area (Å²) in [7, 11) is 0. The van der Waals surface area contributed by atoms with E-state index in [-0.39, 0.29) is 23.8 Å². The summed E-state index contributed by atoms with van der Waals surface area (Å²) in [4.78, 5) is 25.0. The van der Waals surface area contributed by atoms with Crippen LogP contribution in [0.1, 0.15) is 32.6 Å². The number of piperidine rings is 1. The molecule has 1 N–H and O–H groups in total. The van der Waals surface area contributed by atoms with Gasteiger partial charge in [0.2, 0.25) is 5.91 Å². The van der Waals surface area contributed by atoms with Crippen molar-refractivity contribution >= 4 is 11.9 Å². The maximum Gasteiger partial charge on any atom is 0.306 e. The molecule has 0 radical (unpaired) electrons. The number of aliphatic carboxylic acids is 1. The minimum atomic E-state index is -0.730. The summed E-state index contributed by atoms with van der Waals surface area (Å²) < 4.78 is 0. The summed E-state index contributed by atoms with van der Waals surface area (Å²) in [6.07, 6.45) is 6.95. The van der Waals surface area contributed by atoms with Gasteiger partial charge in [-0.1, -0.05) is 12.2 Å². The lowest BCUT2D eigenvalue weighted by Crippen LogP contribution is -2.48. The van der Waals surface area contributed by atoms with Gasteiger partial charge < -0.3 is 10.0 Å². The Bertz CT molecular complexity index is 343. The van der Waals surface area contributed by atoms with Gasteiger partial charge >= 0.3 is 5.97 Å². The molecule has 1 saturated heterocycles. The molecule has 2 unspecified atom stereocenters. The van der Waals surface area contributed by atoms with Crippen LogP contribution in [0.3, 0.4) is 0 Å². The fourth-order valence-electron chi connectivity index (χ4n) is 2.78. The third-order valence-electron chi connectivity index (χ3n) is 3.87. The van der Waals surface area contributed by atoms with E-state index in [1.54, 1.807) is 0 Å². The smallest absolute Gasteiger partial charge is 0.306 e. The monoisotopic (exact) mass is 237 g/mol. The Morgan fingerprint density at radius 2 is 1.88 bits per heavy atom. The Hall–Kier alpha value is -1.32. The van der Waals surface area contributed by atoms with Gasteiger partial charge in [0.15, 0.2) is 0 Å². The van der Waals surface area contributed by atoms with Crippen LogP contribution in [0, 0.1) is 11.8 Å². The molecule has 0 aromatic heterocycles. The Balaban J connectivity index is 1.94. The molecule has 1 heterocycles. The van der Waals surface area contributed by atoms with Crippen LogP contribution >= 0.6 is 0 Å². The largest absolute Gasteiger partial charge is 0.481 e. The third kappa shape index (κ3) is 2.51. The summed E-state index contributed by atoms with van der Waals surface area (Å²) in [5, 5.41) is 8.98. The first kappa shape index (κ1) is 12.1. The predicted octanol–water partition coefficient (Wildman–Crippen LogP) is 1.66. The molecule has 17 heavy (non-hydrogen) atoms. The minimum absolute atomic E-state index is 0.0537. The topological polar surface area (TPSA) is 57.6 Å². The number of nitrogens with zero attached hydrogens (tertiary/aromatic N) is 1. The summed E-state index contributed by atoms with van der Waals surface area (Å²) >= 11 is 0. The molecule has 0 aromatic carbocycles. The number of hydrogen-bond acceptors (Lipinski definition) is 2. The Morgan fingerprint density at radius 1 is 1.24 bits per heavy atom. The van der Waals surface area contributed by atoms with Crippen molar-refractivity contribution in [3.8, 4) is 0 Å². The van der Waals surface area contributed by atoms with E-state index in [0.29, 0.717) is 19.4 Å². The highest BCUT2D eigenvalue weighted by Gasteiger charge is 2.34. The van der Waals surface area contributed by atoms with Crippen LogP contribution in [-0.2, 0) is 9.59 Å². The van der Waals surface area contributed by atoms with Gasteiger partial charge in [-0.3, -0.25) is 9.59 Å². The quantitative estimate of drug-likeness (QED) is 0.743. The molecule has 1 amide bonds. The number of likely N-dealkylation sites (tertiary alicyclic amines) is 1. The third-order valence-corrected chi connectivity index (χ3v) is 3.87. The molecule has 1 aliphatic heterocycles. The number of amides is 1. The van der Waals surface area contributed by atoms with Crippen molar-refractivity contribution < 1.29 is 14.7 Å². The van der Waals surface area contributed by atoms with Crippen molar-refractivity contribution in [3.05, 3.63) is 12.2 Å². The normalized spacial score (nSPS) is 29.6. The van der Waals surface area contributed by atoms with E-state index in [4.69, 9.17) is 5.11 Å². The summed E-state index contributed by atoms with van der Waals surface area (Å²) in [6, 6.07) is 0.0537. The second-order valence-electron chi connectivity index (χ2n) is 5.08. The van der Waals surface area contributed by atoms with Gasteiger partial charge in [0, 0.05) is 18.5 Å². The highest BCUT2D eigenvalue weighted by atomic mass is 16.4. The first-order valence-corrected chi connectivity index (χ1v) is 6.28. The summed E-state index contributed by atoms with van der Waals surface area (Å²) in [5.74, 6) is -0.715. The highest BCUT2D eigenvalue weighted by Crippen LogP contribution is 2.27. The van der Waals surface area contributed by atoms with E-state index in [1.807, 2.05) is 11.8 Å². The molecule has 1 fully saturated rings. The van der Waals surface area contributed by atoms with Gasteiger partial charge in [0.1, 0.15) is 0 Å². The summed E-state index contributed by atoms with van der Waals surface area (Å²) in [6.45, 7) is 2.54. The average molecular weight is 237 g/mol. The maximum atomic E-state index is 12.2. The number of carboxylic acids is 1. The molecule has 0 saturated carbocycles. The molecule has 94 valence electrons. The number of hydrogen-bond donors (Lipinski definition) is 1. The maximum absolute atomic E-state index is 12.2. The van der Waals surface area contributed by atoms with Gasteiger partial charge in [-0.05, 0) is 32.6 Å². The minimum Gasteiger partial charge on any atom is -0.481 e. The molecule has 0 aromatic rings. The van der Waals surface area contributed by atoms with Crippen LogP contribution in [0.25, 0.3) is 0 Å². The molecule has 2 atom stereocenters. The summed E-state index contributed by atoms with van der Waals surface area (Å²) in [5.41, 5.74) is 0. The van der Waals surface area contributed by atoms with E-state index >= 15 is 0 Å². The molecular weight excluding hydrogens is 218 g/mol. The van der Waals surface area contributed by atoms with Crippen LogP contribution in [0.4, 0.5) is 0 Å². The Morgan fingerprint density at radius 3 is 2.41 bits per heavy atom. The zero-order chi connectivity index (χ0) is 12.4. The molecular formula is C13H19NO3. The zero-order valence-electron chi connectivity index (χ0n) is 10.1. The van der Waals surface area contributed by atoms with Gasteiger partial charge in [-0.2, -0.15) is 0 Å². The van der Waals surface area contributed by atoms with E-state index in [0.717, 1.165) is 12.8 Å². The lowest BCUT2D eigenvalue weighted by molar-refractivity contribution is -0.148. The molecule has 4 nitrogen and oxygen atoms in total. The molecule has 4 heteroatoms. The SMILES string of the molecule is CC1CC(C(=O)O)CCN1C(=O)C1CC=CC1. The number of allylic oxidation sites excluding steroid dienone is 2. The molecule has 1 aliphatic carbocycles. The van der Waals surface area contributed by atoms with E-state index in [2.05, 4.69) is 12.2 Å². The standard InChI is InChI=1S/C13H19NO3/c1-9-8-11(13(16)17)6-7-14(9)12(15)10-4-2-3-5-10/h2-3,9-11H,4-8H2,1H3,(H,16,17). The molecule has 0 bridgehead atoms. The van der Waals surface area contributed by atoms with Crippen molar-refractivity contribution in [2.24, 2.45) is 11.8 Å². The molecule has 2 rings (SSSR count). The zero-order valence-corrected chi connectivity index (χ0v) is 10.1. The molecule has 0 spiro atoms. The van der Waals surface area contributed by atoms with Crippen molar-refractivity contribution in [1.82, 2.24) is 4.90 Å². The second kappa shape index (κ2) is 4.90. The van der Waals surface area contributed by atoms with Crippen molar-refractivity contribution in [3.63, 3.8) is 0 Å². The van der Waals surface area contributed by atoms with Crippen LogP contribution < -0.4 is 0 Å². The van der Waals surface area contributed by atoms with Crippen molar-refractivity contribution in [1.29, 1.82) is 0 Å². The Kier molecular flexibility index (Phi) is 3.50. The number of rotatable bonds is 2. The fourth-order valence-corrected chi connectivity index (χ4v) is 2.78. The van der Waals surface area contributed by atoms with E-state index in [9.17, 15) is 9.59 Å². The number of carbonyl (C=O) groups excluding carboxylic acids is 1. The van der Waals surface area contributed by atoms with Gasteiger partial charge in [-0.25, -0.2) is 0 Å². The Labute approximate surface area is 101 Å². The van der Waals surface area contributed by atoms with Crippen molar-refractivity contribution in [2.45, 2.75) is 38.6 Å².